The smallest absolute Gasteiger partial charge is 0.249 e. The van der Waals surface area contributed by atoms with E-state index >= 15 is 0 Å². The molecule has 1 aromatic carbocycles. The van der Waals surface area contributed by atoms with Crippen molar-refractivity contribution in [1.82, 2.24) is 10.3 Å². The topological polar surface area (TPSA) is 128 Å². The Morgan fingerprint density at radius 3 is 2.35 bits per heavy atom. The summed E-state index contributed by atoms with van der Waals surface area (Å²) in [4.78, 5) is 38.3. The number of hydrogen-bond donors (Lipinski definition) is 3. The van der Waals surface area contributed by atoms with Gasteiger partial charge in [0.15, 0.2) is 6.04 Å². The van der Waals surface area contributed by atoms with Crippen LogP contribution in [0.5, 0.6) is 0 Å². The lowest BCUT2D eigenvalue weighted by Gasteiger charge is -2.10. The van der Waals surface area contributed by atoms with Gasteiger partial charge >= 0.3 is 0 Å². The quantitative estimate of drug-likeness (QED) is 0.649. The first-order chi connectivity index (χ1) is 10.9. The van der Waals surface area contributed by atoms with Gasteiger partial charge in [0, 0.05) is 10.9 Å². The third kappa shape index (κ3) is 4.36. The highest BCUT2D eigenvalue weighted by molar-refractivity contribution is 7.13. The maximum Gasteiger partial charge on any atom is 0.249 e. The van der Waals surface area contributed by atoms with Gasteiger partial charge < -0.3 is 16.8 Å². The maximum absolute atomic E-state index is 11.9. The Morgan fingerprint density at radius 2 is 1.78 bits per heavy atom. The fourth-order valence-electron chi connectivity index (χ4n) is 1.88. The molecule has 0 unspecified atom stereocenters. The van der Waals surface area contributed by atoms with Gasteiger partial charge in [-0.1, -0.05) is 29.8 Å². The largest absolute Gasteiger partial charge is 0.367 e. The molecule has 0 fully saturated rings. The van der Waals surface area contributed by atoms with Gasteiger partial charge in [-0.2, -0.15) is 0 Å². The highest BCUT2D eigenvalue weighted by atomic mass is 32.1. The lowest BCUT2D eigenvalue weighted by molar-refractivity contribution is -0.133. The number of rotatable bonds is 6. The molecule has 1 heterocycles. The molecule has 0 atom stereocenters. The van der Waals surface area contributed by atoms with E-state index in [2.05, 4.69) is 10.3 Å². The Morgan fingerprint density at radius 1 is 1.17 bits per heavy atom. The van der Waals surface area contributed by atoms with Gasteiger partial charge in [-0.05, 0) is 6.92 Å². The molecule has 3 amide bonds. The van der Waals surface area contributed by atoms with Gasteiger partial charge in [-0.15, -0.1) is 11.3 Å². The van der Waals surface area contributed by atoms with Crippen LogP contribution in [0.15, 0.2) is 29.6 Å². The Hall–Kier alpha value is -2.74. The molecule has 0 saturated carbocycles. The molecule has 0 aliphatic rings. The summed E-state index contributed by atoms with van der Waals surface area (Å²) in [6.07, 6.45) is -0.0700. The number of nitrogens with one attached hydrogen (secondary N) is 1. The Bertz CT molecular complexity index is 725. The van der Waals surface area contributed by atoms with Gasteiger partial charge in [0.25, 0.3) is 0 Å². The lowest BCUT2D eigenvalue weighted by atomic mass is 10.2. The molecule has 2 rings (SSSR count). The fourth-order valence-corrected chi connectivity index (χ4v) is 2.70. The molecule has 2 aromatic rings. The van der Waals surface area contributed by atoms with E-state index in [9.17, 15) is 14.4 Å². The van der Waals surface area contributed by atoms with Crippen molar-refractivity contribution in [3.63, 3.8) is 0 Å². The molecule has 1 aromatic heterocycles. The Labute approximate surface area is 136 Å². The highest BCUT2D eigenvalue weighted by Crippen LogP contribution is 2.24. The van der Waals surface area contributed by atoms with Crippen molar-refractivity contribution >= 4 is 29.1 Å². The number of carbonyl (C=O) groups excluding carboxylic acids is 3. The number of amides is 3. The van der Waals surface area contributed by atoms with E-state index in [-0.39, 0.29) is 6.42 Å². The van der Waals surface area contributed by atoms with Crippen LogP contribution in [0.3, 0.4) is 0 Å². The summed E-state index contributed by atoms with van der Waals surface area (Å²) >= 11 is 1.41. The monoisotopic (exact) mass is 332 g/mol. The second kappa shape index (κ2) is 7.01. The van der Waals surface area contributed by atoms with Crippen LogP contribution in [-0.4, -0.2) is 28.7 Å². The third-order valence-electron chi connectivity index (χ3n) is 3.07. The van der Waals surface area contributed by atoms with Crippen LogP contribution in [0, 0.1) is 6.92 Å². The van der Waals surface area contributed by atoms with Gasteiger partial charge in [0.1, 0.15) is 5.01 Å². The molecule has 0 radical (unpaired) electrons. The van der Waals surface area contributed by atoms with Crippen LogP contribution < -0.4 is 16.8 Å². The number of carbonyl (C=O) groups is 3. The van der Waals surface area contributed by atoms with E-state index in [1.807, 2.05) is 31.2 Å². The minimum Gasteiger partial charge on any atom is -0.367 e. The van der Waals surface area contributed by atoms with Crippen LogP contribution in [0.25, 0.3) is 10.6 Å². The number of aromatic nitrogens is 1. The first-order valence-corrected chi connectivity index (χ1v) is 7.64. The fraction of sp³-hybridized carbons (Fsp3) is 0.200. The van der Waals surface area contributed by atoms with Crippen molar-refractivity contribution < 1.29 is 14.4 Å². The molecule has 0 bridgehead atoms. The number of nitrogens with two attached hydrogens (primary N) is 2. The molecule has 23 heavy (non-hydrogen) atoms. The Kier molecular flexibility index (Phi) is 5.07. The summed E-state index contributed by atoms with van der Waals surface area (Å²) in [6.45, 7) is 2.00. The average molecular weight is 332 g/mol. The molecule has 120 valence electrons. The van der Waals surface area contributed by atoms with Gasteiger partial charge in [0.2, 0.25) is 17.7 Å². The summed E-state index contributed by atoms with van der Waals surface area (Å²) in [5, 5.41) is 4.73. The van der Waals surface area contributed by atoms with Crippen LogP contribution in [0.2, 0.25) is 0 Å². The van der Waals surface area contributed by atoms with Crippen LogP contribution in [0.4, 0.5) is 0 Å². The van der Waals surface area contributed by atoms with E-state index in [0.29, 0.717) is 5.69 Å². The van der Waals surface area contributed by atoms with E-state index in [4.69, 9.17) is 11.5 Å². The maximum atomic E-state index is 11.9. The van der Waals surface area contributed by atoms with Gasteiger partial charge in [0.05, 0.1) is 12.1 Å². The zero-order chi connectivity index (χ0) is 17.0. The lowest BCUT2D eigenvalue weighted by Crippen LogP contribution is -2.52. The first kappa shape index (κ1) is 16.6. The van der Waals surface area contributed by atoms with Crippen molar-refractivity contribution in [2.24, 2.45) is 11.5 Å². The molecule has 0 saturated heterocycles. The Balaban J connectivity index is 2.04. The van der Waals surface area contributed by atoms with E-state index in [1.165, 1.54) is 11.3 Å². The zero-order valence-electron chi connectivity index (χ0n) is 12.4. The molecule has 0 spiro atoms. The third-order valence-corrected chi connectivity index (χ3v) is 4.01. The van der Waals surface area contributed by atoms with Crippen molar-refractivity contribution in [3.8, 4) is 10.6 Å². The number of benzene rings is 1. The standard InChI is InChI=1S/C15H16N4O3S/c1-8-2-4-9(5-3-8)15-18-10(7-23-15)6-11(20)19-12(13(16)21)14(17)22/h2-5,7,12H,6H2,1H3,(H2,16,21)(H2,17,22)(H,19,20). The number of hydrogen-bond acceptors (Lipinski definition) is 5. The summed E-state index contributed by atoms with van der Waals surface area (Å²) in [5.74, 6) is -2.54. The summed E-state index contributed by atoms with van der Waals surface area (Å²) < 4.78 is 0. The molecule has 8 heteroatoms. The minimum atomic E-state index is -1.52. The predicted molar refractivity (Wildman–Crippen MR) is 86.3 cm³/mol. The van der Waals surface area contributed by atoms with E-state index in [1.54, 1.807) is 5.38 Å². The minimum absolute atomic E-state index is 0.0700. The molecular weight excluding hydrogens is 316 g/mol. The number of nitrogens with zero attached hydrogens (tertiary/aromatic N) is 1. The van der Waals surface area contributed by atoms with Crippen molar-refractivity contribution in [2.45, 2.75) is 19.4 Å². The molecule has 7 nitrogen and oxygen atoms in total. The van der Waals surface area contributed by atoms with Gasteiger partial charge in [-0.25, -0.2) is 4.98 Å². The summed E-state index contributed by atoms with van der Waals surface area (Å²) in [6, 6.07) is 6.35. The molecule has 5 N–H and O–H groups in total. The molecule has 0 aliphatic heterocycles. The predicted octanol–water partition coefficient (Wildman–Crippen LogP) is 0.116. The molecule has 0 aliphatic carbocycles. The summed E-state index contributed by atoms with van der Waals surface area (Å²) in [7, 11) is 0. The zero-order valence-corrected chi connectivity index (χ0v) is 13.2. The first-order valence-electron chi connectivity index (χ1n) is 6.76. The van der Waals surface area contributed by atoms with Crippen molar-refractivity contribution in [1.29, 1.82) is 0 Å². The van der Waals surface area contributed by atoms with Crippen molar-refractivity contribution in [2.75, 3.05) is 0 Å². The van der Waals surface area contributed by atoms with Crippen molar-refractivity contribution in [3.05, 3.63) is 40.9 Å². The second-order valence-electron chi connectivity index (χ2n) is 4.99. The number of aryl methyl sites for hydroxylation is 1. The van der Waals surface area contributed by atoms with E-state index < -0.39 is 23.8 Å². The summed E-state index contributed by atoms with van der Waals surface area (Å²) in [5.41, 5.74) is 12.6. The SMILES string of the molecule is Cc1ccc(-c2nc(CC(=O)NC(C(N)=O)C(N)=O)cs2)cc1. The van der Waals surface area contributed by atoms with Crippen LogP contribution >= 0.6 is 11.3 Å². The normalized spacial score (nSPS) is 10.5. The number of primary amides is 2. The number of thiazole rings is 1. The van der Waals surface area contributed by atoms with Crippen LogP contribution in [0.1, 0.15) is 11.3 Å². The average Bonchev–Trinajstić information content (AvgIpc) is 2.93. The molecular formula is C15H16N4O3S. The van der Waals surface area contributed by atoms with E-state index in [0.717, 1.165) is 16.1 Å². The second-order valence-corrected chi connectivity index (χ2v) is 5.85. The van der Waals surface area contributed by atoms with Crippen LogP contribution in [-0.2, 0) is 20.8 Å². The van der Waals surface area contributed by atoms with Gasteiger partial charge in [-0.3, -0.25) is 14.4 Å². The highest BCUT2D eigenvalue weighted by Gasteiger charge is 2.24.